The Hall–Kier alpha value is -1.18. The van der Waals surface area contributed by atoms with E-state index in [2.05, 4.69) is 5.32 Å². The fourth-order valence-electron chi connectivity index (χ4n) is 1.14. The molecule has 1 rings (SSSR count). The molecule has 0 aliphatic carbocycles. The van der Waals surface area contributed by atoms with Crippen LogP contribution in [0.5, 0.6) is 0 Å². The van der Waals surface area contributed by atoms with Gasteiger partial charge in [-0.2, -0.15) is 0 Å². The molecule has 5 nitrogen and oxygen atoms in total. The molecule has 7 heteroatoms. The van der Waals surface area contributed by atoms with Gasteiger partial charge in [0.1, 0.15) is 5.82 Å². The molecule has 0 saturated heterocycles. The third-order valence-electron chi connectivity index (χ3n) is 2.00. The molecule has 0 atom stereocenters. The molecular weight excluding hydrogens is 245 g/mol. The molecule has 0 fully saturated rings. The highest BCUT2D eigenvalue weighted by Gasteiger charge is 2.14. The third-order valence-corrected chi connectivity index (χ3v) is 2.91. The molecule has 1 aromatic rings. The summed E-state index contributed by atoms with van der Waals surface area (Å²) < 4.78 is 35.5. The molecule has 17 heavy (non-hydrogen) atoms. The molecule has 5 N–H and O–H groups in total. The number of rotatable bonds is 4. The fraction of sp³-hybridized carbons (Fsp3) is 0.400. The van der Waals surface area contributed by atoms with Gasteiger partial charge < -0.3 is 11.1 Å². The zero-order valence-electron chi connectivity index (χ0n) is 9.70. The highest BCUT2D eigenvalue weighted by Crippen LogP contribution is 2.18. The molecule has 0 saturated carbocycles. The molecule has 0 radical (unpaired) electrons. The first kappa shape index (κ1) is 13.9. The van der Waals surface area contributed by atoms with Crippen molar-refractivity contribution in [1.82, 2.24) is 0 Å². The Labute approximate surface area is 100 Å². The largest absolute Gasteiger partial charge is 0.381 e. The summed E-state index contributed by atoms with van der Waals surface area (Å²) in [5, 5.41) is 7.68. The maximum atomic E-state index is 13.5. The summed E-state index contributed by atoms with van der Waals surface area (Å²) in [7, 11) is -3.88. The van der Waals surface area contributed by atoms with Gasteiger partial charge in [-0.25, -0.2) is 17.9 Å². The first-order valence-corrected chi connectivity index (χ1v) is 6.49. The van der Waals surface area contributed by atoms with Crippen LogP contribution in [0.3, 0.4) is 0 Å². The highest BCUT2D eigenvalue weighted by molar-refractivity contribution is 7.89. The van der Waals surface area contributed by atoms with Gasteiger partial charge in [-0.15, -0.1) is 0 Å². The van der Waals surface area contributed by atoms with Gasteiger partial charge in [0.2, 0.25) is 10.0 Å². The van der Waals surface area contributed by atoms with Gasteiger partial charge in [0.15, 0.2) is 0 Å². The van der Waals surface area contributed by atoms with Crippen molar-refractivity contribution in [3.63, 3.8) is 0 Å². The van der Waals surface area contributed by atoms with E-state index in [1.807, 2.05) is 0 Å². The number of halogens is 1. The standard InChI is InChI=1S/C10H16FN3O2S/c1-10(2,12)6-14-9-4-3-7(5-8(9)11)17(13,15)16/h3-5,14H,6,12H2,1-2H3,(H2,13,15,16). The average Bonchev–Trinajstić information content (AvgIpc) is 2.12. The minimum absolute atomic E-state index is 0.191. The molecular formula is C10H16FN3O2S. The van der Waals surface area contributed by atoms with Crippen molar-refractivity contribution >= 4 is 15.7 Å². The van der Waals surface area contributed by atoms with Crippen LogP contribution in [0.2, 0.25) is 0 Å². The minimum Gasteiger partial charge on any atom is -0.381 e. The number of nitrogens with two attached hydrogens (primary N) is 2. The maximum absolute atomic E-state index is 13.5. The van der Waals surface area contributed by atoms with Crippen LogP contribution in [0.15, 0.2) is 23.1 Å². The zero-order chi connectivity index (χ0) is 13.3. The van der Waals surface area contributed by atoms with Crippen LogP contribution in [-0.2, 0) is 10.0 Å². The quantitative estimate of drug-likeness (QED) is 0.740. The molecule has 0 spiro atoms. The number of primary sulfonamides is 1. The van der Waals surface area contributed by atoms with Crippen LogP contribution in [0.1, 0.15) is 13.8 Å². The second-order valence-electron chi connectivity index (χ2n) is 4.53. The predicted octanol–water partition coefficient (Wildman–Crippen LogP) is 0.622. The Morgan fingerprint density at radius 2 is 2.00 bits per heavy atom. The van der Waals surface area contributed by atoms with E-state index < -0.39 is 21.4 Å². The summed E-state index contributed by atoms with van der Waals surface area (Å²) in [6, 6.07) is 3.44. The Bertz CT molecular complexity index is 509. The normalized spacial score (nSPS) is 12.5. The van der Waals surface area contributed by atoms with Crippen LogP contribution in [0, 0.1) is 5.82 Å². The second kappa shape index (κ2) is 4.59. The van der Waals surface area contributed by atoms with Gasteiger partial charge in [-0.1, -0.05) is 0 Å². The van der Waals surface area contributed by atoms with Gasteiger partial charge in [0.05, 0.1) is 10.6 Å². The summed E-state index contributed by atoms with van der Waals surface area (Å²) in [5.41, 5.74) is 5.43. The maximum Gasteiger partial charge on any atom is 0.238 e. The van der Waals surface area contributed by atoms with Gasteiger partial charge in [-0.05, 0) is 32.0 Å². The summed E-state index contributed by atoms with van der Waals surface area (Å²) in [6.45, 7) is 3.94. The van der Waals surface area contributed by atoms with Crippen LogP contribution in [0.25, 0.3) is 0 Å². The molecule has 0 bridgehead atoms. The summed E-state index contributed by atoms with van der Waals surface area (Å²) in [5.74, 6) is -0.680. The molecule has 0 heterocycles. The number of anilines is 1. The smallest absolute Gasteiger partial charge is 0.238 e. The number of hydrogen-bond acceptors (Lipinski definition) is 4. The van der Waals surface area contributed by atoms with Crippen LogP contribution < -0.4 is 16.2 Å². The van der Waals surface area contributed by atoms with Crippen molar-refractivity contribution in [2.45, 2.75) is 24.3 Å². The number of hydrogen-bond donors (Lipinski definition) is 3. The SMILES string of the molecule is CC(C)(N)CNc1ccc(S(N)(=O)=O)cc1F. The van der Waals surface area contributed by atoms with E-state index in [1.165, 1.54) is 12.1 Å². The topological polar surface area (TPSA) is 98.2 Å². The lowest BCUT2D eigenvalue weighted by Gasteiger charge is -2.20. The highest BCUT2D eigenvalue weighted by atomic mass is 32.2. The van der Waals surface area contributed by atoms with Crippen LogP contribution >= 0.6 is 0 Å². The van der Waals surface area contributed by atoms with Crippen molar-refractivity contribution in [2.24, 2.45) is 10.9 Å². The van der Waals surface area contributed by atoms with Gasteiger partial charge in [0.25, 0.3) is 0 Å². The lowest BCUT2D eigenvalue weighted by atomic mass is 10.1. The lowest BCUT2D eigenvalue weighted by molar-refractivity contribution is 0.545. The monoisotopic (exact) mass is 261 g/mol. The molecule has 96 valence electrons. The Morgan fingerprint density at radius 3 is 2.41 bits per heavy atom. The fourth-order valence-corrected chi connectivity index (χ4v) is 1.66. The van der Waals surface area contributed by atoms with E-state index in [0.717, 1.165) is 6.07 Å². The number of sulfonamides is 1. The van der Waals surface area contributed by atoms with Crippen LogP contribution in [0.4, 0.5) is 10.1 Å². The Kier molecular flexibility index (Phi) is 3.75. The van der Waals surface area contributed by atoms with Gasteiger partial charge in [0, 0.05) is 12.1 Å². The van der Waals surface area contributed by atoms with Crippen molar-refractivity contribution < 1.29 is 12.8 Å². The predicted molar refractivity (Wildman–Crippen MR) is 64.5 cm³/mol. The van der Waals surface area contributed by atoms with E-state index in [1.54, 1.807) is 13.8 Å². The number of benzene rings is 1. The van der Waals surface area contributed by atoms with Gasteiger partial charge >= 0.3 is 0 Å². The molecule has 1 aromatic carbocycles. The molecule has 0 aliphatic rings. The van der Waals surface area contributed by atoms with Crippen molar-refractivity contribution in [2.75, 3.05) is 11.9 Å². The van der Waals surface area contributed by atoms with E-state index in [4.69, 9.17) is 10.9 Å². The molecule has 0 unspecified atom stereocenters. The van der Waals surface area contributed by atoms with Gasteiger partial charge in [-0.3, -0.25) is 0 Å². The second-order valence-corrected chi connectivity index (χ2v) is 6.09. The summed E-state index contributed by atoms with van der Waals surface area (Å²) in [6.07, 6.45) is 0. The minimum atomic E-state index is -3.88. The first-order valence-electron chi connectivity index (χ1n) is 4.95. The molecule has 0 aliphatic heterocycles. The van der Waals surface area contributed by atoms with Crippen LogP contribution in [-0.4, -0.2) is 20.5 Å². The molecule has 0 amide bonds. The third kappa shape index (κ3) is 4.29. The first-order chi connectivity index (χ1) is 7.59. The van der Waals surface area contributed by atoms with E-state index in [0.29, 0.717) is 6.54 Å². The van der Waals surface area contributed by atoms with Crippen molar-refractivity contribution in [1.29, 1.82) is 0 Å². The average molecular weight is 261 g/mol. The molecule has 0 aromatic heterocycles. The van der Waals surface area contributed by atoms with E-state index >= 15 is 0 Å². The number of nitrogens with one attached hydrogen (secondary N) is 1. The zero-order valence-corrected chi connectivity index (χ0v) is 10.5. The lowest BCUT2D eigenvalue weighted by Crippen LogP contribution is -2.39. The summed E-state index contributed by atoms with van der Waals surface area (Å²) in [4.78, 5) is -0.257. The van der Waals surface area contributed by atoms with E-state index in [-0.39, 0.29) is 10.6 Å². The van der Waals surface area contributed by atoms with E-state index in [9.17, 15) is 12.8 Å². The summed E-state index contributed by atoms with van der Waals surface area (Å²) >= 11 is 0. The van der Waals surface area contributed by atoms with Crippen molar-refractivity contribution in [3.05, 3.63) is 24.0 Å². The Morgan fingerprint density at radius 1 is 1.41 bits per heavy atom. The van der Waals surface area contributed by atoms with Crippen molar-refractivity contribution in [3.8, 4) is 0 Å². The Balaban J connectivity index is 2.92.